The van der Waals surface area contributed by atoms with Crippen molar-refractivity contribution in [3.8, 4) is 0 Å². The van der Waals surface area contributed by atoms with Crippen molar-refractivity contribution in [3.63, 3.8) is 0 Å². The summed E-state index contributed by atoms with van der Waals surface area (Å²) in [6.45, 7) is 10.7. The Hall–Kier alpha value is -2.04. The molecule has 0 aliphatic carbocycles. The molecular weight excluding hydrogens is 419 g/mol. The summed E-state index contributed by atoms with van der Waals surface area (Å²) in [6, 6.07) is 10.7. The second-order valence-electron chi connectivity index (χ2n) is 8.26. The summed E-state index contributed by atoms with van der Waals surface area (Å²) in [6.07, 6.45) is 0.228. The number of nitrogens with one attached hydrogen (secondary N) is 1. The number of rotatable bonds is 8. The van der Waals surface area contributed by atoms with Gasteiger partial charge >= 0.3 is 0 Å². The van der Waals surface area contributed by atoms with Crippen molar-refractivity contribution in [2.24, 2.45) is 5.92 Å². The summed E-state index contributed by atoms with van der Waals surface area (Å²) < 4.78 is 0. The highest BCUT2D eigenvalue weighted by molar-refractivity contribution is 6.42. The highest BCUT2D eigenvalue weighted by Crippen LogP contribution is 2.24. The van der Waals surface area contributed by atoms with Gasteiger partial charge in [0.05, 0.1) is 16.5 Å². The topological polar surface area (TPSA) is 49.4 Å². The van der Waals surface area contributed by atoms with Crippen LogP contribution in [0.25, 0.3) is 0 Å². The summed E-state index contributed by atoms with van der Waals surface area (Å²) >= 11 is 12.2. The van der Waals surface area contributed by atoms with Gasteiger partial charge < -0.3 is 10.2 Å². The zero-order valence-electron chi connectivity index (χ0n) is 18.3. The third-order valence-electron chi connectivity index (χ3n) is 4.83. The molecule has 162 valence electrons. The number of carbonyl (C=O) groups excluding carboxylic acids is 2. The Morgan fingerprint density at radius 2 is 1.57 bits per heavy atom. The molecule has 0 spiro atoms. The molecular formula is C24H30Cl2N2O2. The van der Waals surface area contributed by atoms with Crippen molar-refractivity contribution in [2.45, 2.75) is 53.6 Å². The highest BCUT2D eigenvalue weighted by atomic mass is 35.5. The zero-order valence-corrected chi connectivity index (χ0v) is 19.8. The Balaban J connectivity index is 2.27. The first-order valence-corrected chi connectivity index (χ1v) is 10.9. The van der Waals surface area contributed by atoms with E-state index in [-0.39, 0.29) is 24.8 Å². The molecule has 0 aromatic heterocycles. The SMILES string of the molecule is Cc1cc(C)cc(CC(=O)N(Cc2ccc(Cl)c(Cl)c2)C(C)C(=O)NCC(C)C)c1. The number of halogens is 2. The van der Waals surface area contributed by atoms with Gasteiger partial charge in [-0.15, -0.1) is 0 Å². The zero-order chi connectivity index (χ0) is 22.4. The van der Waals surface area contributed by atoms with Crippen molar-refractivity contribution < 1.29 is 9.59 Å². The van der Waals surface area contributed by atoms with E-state index in [9.17, 15) is 9.59 Å². The van der Waals surface area contributed by atoms with Crippen LogP contribution in [0, 0.1) is 19.8 Å². The minimum Gasteiger partial charge on any atom is -0.354 e. The molecule has 0 aliphatic heterocycles. The molecule has 30 heavy (non-hydrogen) atoms. The molecule has 2 aromatic carbocycles. The van der Waals surface area contributed by atoms with Crippen LogP contribution in [-0.4, -0.2) is 29.3 Å². The standard InChI is InChI=1S/C24H30Cl2N2O2/c1-15(2)13-27-24(30)18(5)28(14-19-6-7-21(25)22(26)11-19)23(29)12-20-9-16(3)8-17(4)10-20/h6-11,15,18H,12-14H2,1-5H3,(H,27,30). The lowest BCUT2D eigenvalue weighted by Gasteiger charge is -2.29. The van der Waals surface area contributed by atoms with Crippen LogP contribution in [0.4, 0.5) is 0 Å². The van der Waals surface area contributed by atoms with Crippen molar-refractivity contribution in [3.05, 3.63) is 68.7 Å². The van der Waals surface area contributed by atoms with E-state index in [4.69, 9.17) is 23.2 Å². The van der Waals surface area contributed by atoms with Crippen LogP contribution >= 0.6 is 23.2 Å². The summed E-state index contributed by atoms with van der Waals surface area (Å²) in [4.78, 5) is 27.6. The third kappa shape index (κ3) is 7.03. The number of amides is 2. The predicted molar refractivity (Wildman–Crippen MR) is 124 cm³/mol. The minimum atomic E-state index is -0.614. The maximum Gasteiger partial charge on any atom is 0.242 e. The maximum absolute atomic E-state index is 13.3. The first-order valence-electron chi connectivity index (χ1n) is 10.1. The molecule has 6 heteroatoms. The van der Waals surface area contributed by atoms with E-state index in [1.54, 1.807) is 24.0 Å². The first-order chi connectivity index (χ1) is 14.1. The number of carbonyl (C=O) groups is 2. The summed E-state index contributed by atoms with van der Waals surface area (Å²) in [7, 11) is 0. The normalized spacial score (nSPS) is 12.0. The van der Waals surface area contributed by atoms with Gasteiger partial charge in [-0.1, -0.05) is 72.4 Å². The predicted octanol–water partition coefficient (Wildman–Crippen LogP) is 5.34. The lowest BCUT2D eigenvalue weighted by Crippen LogP contribution is -2.48. The monoisotopic (exact) mass is 448 g/mol. The third-order valence-corrected chi connectivity index (χ3v) is 5.56. The molecule has 0 saturated heterocycles. The van der Waals surface area contributed by atoms with Crippen LogP contribution in [0.3, 0.4) is 0 Å². The van der Waals surface area contributed by atoms with Gasteiger partial charge in [-0.3, -0.25) is 9.59 Å². The quantitative estimate of drug-likeness (QED) is 0.591. The van der Waals surface area contributed by atoms with Crippen molar-refractivity contribution in [2.75, 3.05) is 6.54 Å². The largest absolute Gasteiger partial charge is 0.354 e. The van der Waals surface area contributed by atoms with E-state index >= 15 is 0 Å². The van der Waals surface area contributed by atoms with E-state index in [0.29, 0.717) is 22.5 Å². The fourth-order valence-corrected chi connectivity index (χ4v) is 3.64. The maximum atomic E-state index is 13.3. The second kappa shape index (κ2) is 10.8. The molecule has 0 aliphatic rings. The molecule has 1 atom stereocenters. The Kier molecular flexibility index (Phi) is 8.75. The summed E-state index contributed by atoms with van der Waals surface area (Å²) in [5.74, 6) is 0.0476. The van der Waals surface area contributed by atoms with Crippen LogP contribution in [0.5, 0.6) is 0 Å². The van der Waals surface area contributed by atoms with Crippen LogP contribution in [0.2, 0.25) is 10.0 Å². The Labute approximate surface area is 189 Å². The fourth-order valence-electron chi connectivity index (χ4n) is 3.32. The lowest BCUT2D eigenvalue weighted by molar-refractivity contribution is -0.140. The average Bonchev–Trinajstić information content (AvgIpc) is 2.65. The smallest absolute Gasteiger partial charge is 0.242 e. The summed E-state index contributed by atoms with van der Waals surface area (Å²) in [5.41, 5.74) is 3.97. The average molecular weight is 449 g/mol. The van der Waals surface area contributed by atoms with Crippen LogP contribution in [0.15, 0.2) is 36.4 Å². The Morgan fingerprint density at radius 3 is 2.13 bits per heavy atom. The van der Waals surface area contributed by atoms with Gasteiger partial charge in [-0.2, -0.15) is 0 Å². The van der Waals surface area contributed by atoms with Crippen LogP contribution < -0.4 is 5.32 Å². The molecule has 2 amide bonds. The molecule has 0 radical (unpaired) electrons. The number of hydrogen-bond acceptors (Lipinski definition) is 2. The van der Waals surface area contributed by atoms with Crippen molar-refractivity contribution in [1.82, 2.24) is 10.2 Å². The number of hydrogen-bond donors (Lipinski definition) is 1. The van der Waals surface area contributed by atoms with Gasteiger partial charge in [0.25, 0.3) is 0 Å². The molecule has 2 rings (SSSR count). The number of benzene rings is 2. The Morgan fingerprint density at radius 1 is 0.933 bits per heavy atom. The van der Waals surface area contributed by atoms with Crippen molar-refractivity contribution in [1.29, 1.82) is 0 Å². The van der Waals surface area contributed by atoms with E-state index in [1.807, 2.05) is 45.9 Å². The molecule has 2 aromatic rings. The molecule has 0 heterocycles. The van der Waals surface area contributed by atoms with Gasteiger partial charge in [0, 0.05) is 13.1 Å². The fraction of sp³-hybridized carbons (Fsp3) is 0.417. The first kappa shape index (κ1) is 24.2. The van der Waals surface area contributed by atoms with Gasteiger partial charge in [0.15, 0.2) is 0 Å². The summed E-state index contributed by atoms with van der Waals surface area (Å²) in [5, 5.41) is 3.80. The number of aryl methyl sites for hydroxylation is 2. The van der Waals surface area contributed by atoms with E-state index < -0.39 is 6.04 Å². The lowest BCUT2D eigenvalue weighted by atomic mass is 10.0. The highest BCUT2D eigenvalue weighted by Gasteiger charge is 2.26. The van der Waals surface area contributed by atoms with Gasteiger partial charge in [0.1, 0.15) is 6.04 Å². The molecule has 1 unspecified atom stereocenters. The molecule has 0 saturated carbocycles. The van der Waals surface area contributed by atoms with Crippen molar-refractivity contribution >= 4 is 35.0 Å². The van der Waals surface area contributed by atoms with E-state index in [2.05, 4.69) is 11.4 Å². The molecule has 4 nitrogen and oxygen atoms in total. The number of nitrogens with zero attached hydrogens (tertiary/aromatic N) is 1. The van der Waals surface area contributed by atoms with Crippen LogP contribution in [0.1, 0.15) is 43.0 Å². The van der Waals surface area contributed by atoms with Crippen LogP contribution in [-0.2, 0) is 22.6 Å². The van der Waals surface area contributed by atoms with E-state index in [1.165, 1.54) is 0 Å². The van der Waals surface area contributed by atoms with Gasteiger partial charge in [-0.25, -0.2) is 0 Å². The van der Waals surface area contributed by atoms with E-state index in [0.717, 1.165) is 22.3 Å². The molecule has 0 fully saturated rings. The molecule has 0 bridgehead atoms. The molecule has 1 N–H and O–H groups in total. The minimum absolute atomic E-state index is 0.113. The second-order valence-corrected chi connectivity index (χ2v) is 9.07. The van der Waals surface area contributed by atoms with Gasteiger partial charge in [0.2, 0.25) is 11.8 Å². The Bertz CT molecular complexity index is 892. The van der Waals surface area contributed by atoms with Gasteiger partial charge in [-0.05, 0) is 49.9 Å².